The fourth-order valence-electron chi connectivity index (χ4n) is 2.55. The Balaban J connectivity index is 2.52. The van der Waals surface area contributed by atoms with Crippen LogP contribution in [0.2, 0.25) is 0 Å². The molecule has 1 aromatic carbocycles. The molecule has 0 aromatic heterocycles. The maximum Gasteiger partial charge on any atom is 0.460 e. The second-order valence-corrected chi connectivity index (χ2v) is 4.51. The van der Waals surface area contributed by atoms with Crippen molar-refractivity contribution in [3.63, 3.8) is 0 Å². The van der Waals surface area contributed by atoms with Gasteiger partial charge in [-0.25, -0.2) is 0 Å². The van der Waals surface area contributed by atoms with E-state index in [1.165, 1.54) is 24.3 Å². The van der Waals surface area contributed by atoms with Crippen LogP contribution in [-0.4, -0.2) is 18.6 Å². The third-order valence-electron chi connectivity index (χ3n) is 3.47. The van der Waals surface area contributed by atoms with Crippen molar-refractivity contribution < 1.29 is 27.3 Å². The highest BCUT2D eigenvalue weighted by Crippen LogP contribution is 2.49. The number of hydrogen-bond acceptors (Lipinski definition) is 0. The van der Waals surface area contributed by atoms with E-state index in [1.54, 1.807) is 6.07 Å². The van der Waals surface area contributed by atoms with Gasteiger partial charge < -0.3 is 5.32 Å². The predicted molar refractivity (Wildman–Crippen MR) is 55.1 cm³/mol. The van der Waals surface area contributed by atoms with Crippen molar-refractivity contribution >= 4 is 0 Å². The lowest BCUT2D eigenvalue weighted by molar-refractivity contribution is -0.744. The van der Waals surface area contributed by atoms with E-state index >= 15 is 0 Å². The van der Waals surface area contributed by atoms with Gasteiger partial charge in [0.05, 0.1) is 6.54 Å². The lowest BCUT2D eigenvalue weighted by Crippen LogP contribution is -2.96. The number of hydrogen-bond donors (Lipinski definition) is 1. The van der Waals surface area contributed by atoms with Crippen LogP contribution < -0.4 is 5.32 Å². The van der Waals surface area contributed by atoms with Crippen molar-refractivity contribution in [1.82, 2.24) is 0 Å². The van der Waals surface area contributed by atoms with Crippen molar-refractivity contribution in [2.45, 2.75) is 30.5 Å². The topological polar surface area (TPSA) is 16.6 Å². The van der Waals surface area contributed by atoms with Crippen molar-refractivity contribution in [2.75, 3.05) is 6.54 Å². The maximum absolute atomic E-state index is 13.8. The van der Waals surface area contributed by atoms with Gasteiger partial charge in [0.25, 0.3) is 0 Å². The van der Waals surface area contributed by atoms with E-state index in [2.05, 4.69) is 0 Å². The molecule has 0 amide bonds. The van der Waals surface area contributed by atoms with Gasteiger partial charge in [0, 0.05) is 18.4 Å². The molecule has 2 rings (SSSR count). The zero-order chi connectivity index (χ0) is 13.4. The Bertz CT molecular complexity index is 406. The molecule has 0 unspecified atom stereocenters. The van der Waals surface area contributed by atoms with E-state index < -0.39 is 17.6 Å². The van der Waals surface area contributed by atoms with E-state index in [0.29, 0.717) is 6.42 Å². The number of halogens is 5. The summed E-state index contributed by atoms with van der Waals surface area (Å²) in [6, 6.07) is 7.23. The molecule has 100 valence electrons. The Kier molecular flexibility index (Phi) is 3.09. The quantitative estimate of drug-likeness (QED) is 0.792. The molecule has 0 radical (unpaired) electrons. The standard InChI is InChI=1S/C12H12F5N/c13-11(14,12(15,16)17)10(7-4-8-18-10)9-5-2-1-3-6-9/h1-3,5-6,18H,4,7-8H2/p+1/t10-/m1/s1. The number of alkyl halides is 5. The van der Waals surface area contributed by atoms with Gasteiger partial charge in [-0.15, -0.1) is 0 Å². The number of quaternary nitrogens is 1. The lowest BCUT2D eigenvalue weighted by Gasteiger charge is -2.35. The van der Waals surface area contributed by atoms with E-state index in [1.807, 2.05) is 0 Å². The molecule has 0 spiro atoms. The van der Waals surface area contributed by atoms with Gasteiger partial charge in [0.15, 0.2) is 5.54 Å². The molecule has 1 aromatic rings. The van der Waals surface area contributed by atoms with Gasteiger partial charge in [-0.1, -0.05) is 30.3 Å². The second-order valence-electron chi connectivity index (χ2n) is 4.51. The molecule has 1 heterocycles. The zero-order valence-electron chi connectivity index (χ0n) is 9.48. The third-order valence-corrected chi connectivity index (χ3v) is 3.47. The highest BCUT2D eigenvalue weighted by Gasteiger charge is 2.74. The smallest absolute Gasteiger partial charge is 0.332 e. The largest absolute Gasteiger partial charge is 0.460 e. The summed E-state index contributed by atoms with van der Waals surface area (Å²) in [5, 5.41) is 1.12. The molecule has 18 heavy (non-hydrogen) atoms. The van der Waals surface area contributed by atoms with Crippen LogP contribution in [-0.2, 0) is 5.54 Å². The van der Waals surface area contributed by atoms with Crippen molar-refractivity contribution in [2.24, 2.45) is 0 Å². The Labute approximate surface area is 101 Å². The minimum Gasteiger partial charge on any atom is -0.332 e. The Morgan fingerprint density at radius 2 is 1.61 bits per heavy atom. The summed E-state index contributed by atoms with van der Waals surface area (Å²) in [5.74, 6) is -4.74. The SMILES string of the molecule is FC(F)(F)C(F)(F)[C@]1(c2ccccc2)CCC[NH2+]1. The number of rotatable bonds is 2. The number of nitrogens with two attached hydrogens (primary N) is 1. The summed E-state index contributed by atoms with van der Waals surface area (Å²) < 4.78 is 65.6. The molecule has 1 saturated heterocycles. The monoisotopic (exact) mass is 266 g/mol. The first-order valence-corrected chi connectivity index (χ1v) is 5.66. The van der Waals surface area contributed by atoms with Crippen LogP contribution in [0.3, 0.4) is 0 Å². The average molecular weight is 266 g/mol. The van der Waals surface area contributed by atoms with E-state index in [0.717, 1.165) is 5.32 Å². The first kappa shape index (κ1) is 13.3. The fourth-order valence-corrected chi connectivity index (χ4v) is 2.55. The summed E-state index contributed by atoms with van der Waals surface area (Å²) >= 11 is 0. The van der Waals surface area contributed by atoms with E-state index in [9.17, 15) is 22.0 Å². The molecule has 0 aliphatic carbocycles. The normalized spacial score (nSPS) is 25.4. The van der Waals surface area contributed by atoms with E-state index in [4.69, 9.17) is 0 Å². The molecule has 1 aliphatic rings. The summed E-state index contributed by atoms with van der Waals surface area (Å²) in [5.41, 5.74) is -2.18. The van der Waals surface area contributed by atoms with Gasteiger partial charge in [-0.2, -0.15) is 22.0 Å². The van der Waals surface area contributed by atoms with Crippen molar-refractivity contribution in [3.8, 4) is 0 Å². The molecular formula is C12H13F5N+. The molecule has 0 saturated carbocycles. The Morgan fingerprint density at radius 3 is 2.06 bits per heavy atom. The van der Waals surface area contributed by atoms with Crippen molar-refractivity contribution in [1.29, 1.82) is 0 Å². The first-order valence-electron chi connectivity index (χ1n) is 5.66. The highest BCUT2D eigenvalue weighted by atomic mass is 19.4. The molecule has 1 nitrogen and oxygen atoms in total. The molecule has 2 N–H and O–H groups in total. The fraction of sp³-hybridized carbons (Fsp3) is 0.500. The third kappa shape index (κ3) is 1.79. The Hall–Kier alpha value is -1.17. The Morgan fingerprint density at radius 1 is 1.00 bits per heavy atom. The minimum atomic E-state index is -5.54. The van der Waals surface area contributed by atoms with Crippen LogP contribution in [0, 0.1) is 0 Å². The highest BCUT2D eigenvalue weighted by molar-refractivity contribution is 5.26. The van der Waals surface area contributed by atoms with Gasteiger partial charge in [0.2, 0.25) is 0 Å². The van der Waals surface area contributed by atoms with Gasteiger partial charge in [0.1, 0.15) is 0 Å². The minimum absolute atomic E-state index is 0.0322. The second kappa shape index (κ2) is 4.19. The van der Waals surface area contributed by atoms with Crippen LogP contribution in [0.15, 0.2) is 30.3 Å². The maximum atomic E-state index is 13.8. The van der Waals surface area contributed by atoms with Crippen LogP contribution in [0.25, 0.3) is 0 Å². The zero-order valence-corrected chi connectivity index (χ0v) is 9.48. The summed E-state index contributed by atoms with van der Waals surface area (Å²) in [6.45, 7) is 0.278. The summed E-state index contributed by atoms with van der Waals surface area (Å²) in [4.78, 5) is 0. The van der Waals surface area contributed by atoms with Crippen LogP contribution >= 0.6 is 0 Å². The first-order chi connectivity index (χ1) is 8.31. The van der Waals surface area contributed by atoms with Crippen LogP contribution in [0.5, 0.6) is 0 Å². The molecule has 6 heteroatoms. The predicted octanol–water partition coefficient (Wildman–Crippen LogP) is 2.44. The van der Waals surface area contributed by atoms with Crippen LogP contribution in [0.1, 0.15) is 18.4 Å². The molecule has 0 bridgehead atoms. The number of benzene rings is 1. The summed E-state index contributed by atoms with van der Waals surface area (Å²) in [6.07, 6.45) is -5.37. The molecule has 1 aliphatic heterocycles. The van der Waals surface area contributed by atoms with Crippen molar-refractivity contribution in [3.05, 3.63) is 35.9 Å². The van der Waals surface area contributed by atoms with Gasteiger partial charge >= 0.3 is 12.1 Å². The molecular weight excluding hydrogens is 253 g/mol. The van der Waals surface area contributed by atoms with Crippen LogP contribution in [0.4, 0.5) is 22.0 Å². The van der Waals surface area contributed by atoms with Gasteiger partial charge in [-0.05, 0) is 0 Å². The van der Waals surface area contributed by atoms with E-state index in [-0.39, 0.29) is 18.5 Å². The van der Waals surface area contributed by atoms with Gasteiger partial charge in [-0.3, -0.25) is 0 Å². The average Bonchev–Trinajstić information content (AvgIpc) is 2.79. The lowest BCUT2D eigenvalue weighted by atomic mass is 9.82. The molecule has 1 atom stereocenters. The molecule has 1 fully saturated rings. The summed E-state index contributed by atoms with van der Waals surface area (Å²) in [7, 11) is 0.